The lowest BCUT2D eigenvalue weighted by atomic mass is 10.1. The van der Waals surface area contributed by atoms with Crippen LogP contribution in [0.4, 0.5) is 0 Å². The molecule has 0 amide bonds. The molecule has 4 aromatic carbocycles. The van der Waals surface area contributed by atoms with Gasteiger partial charge in [0.1, 0.15) is 16.9 Å². The molecule has 0 spiro atoms. The number of benzene rings is 4. The molecule has 0 aliphatic carbocycles. The lowest BCUT2D eigenvalue weighted by Gasteiger charge is -1.97. The van der Waals surface area contributed by atoms with Gasteiger partial charge in [0.05, 0.1) is 5.69 Å². The number of H-pyrrole nitrogens is 2. The van der Waals surface area contributed by atoms with E-state index in [1.54, 1.807) is 0 Å². The average Bonchev–Trinajstić information content (AvgIpc) is 3.73. The predicted octanol–water partition coefficient (Wildman–Crippen LogP) is 7.47. The number of rotatable bonds is 0. The first-order chi connectivity index (χ1) is 19.8. The van der Waals surface area contributed by atoms with Crippen molar-refractivity contribution in [1.29, 1.82) is 0 Å². The van der Waals surface area contributed by atoms with Crippen LogP contribution in [0.5, 0.6) is 0 Å². The maximum atomic E-state index is 5.06. The fourth-order valence-corrected chi connectivity index (χ4v) is 5.76. The fraction of sp³-hybridized carbons (Fsp3) is 0. The molecular weight excluding hydrogens is 494 g/mol. The van der Waals surface area contributed by atoms with Crippen molar-refractivity contribution in [2.75, 3.05) is 0 Å². The van der Waals surface area contributed by atoms with Gasteiger partial charge >= 0.3 is 0 Å². The van der Waals surface area contributed by atoms with Gasteiger partial charge in [-0.05, 0) is 6.07 Å². The summed E-state index contributed by atoms with van der Waals surface area (Å²) in [6, 6.07) is 34.8. The molecule has 7 heteroatoms. The van der Waals surface area contributed by atoms with Crippen molar-refractivity contribution in [3.63, 3.8) is 0 Å². The minimum atomic E-state index is 0.613. The van der Waals surface area contributed by atoms with Gasteiger partial charge in [-0.15, -0.1) is 0 Å². The van der Waals surface area contributed by atoms with E-state index in [9.17, 15) is 0 Å². The Hall–Kier alpha value is -5.69. The van der Waals surface area contributed by atoms with Gasteiger partial charge in [0.25, 0.3) is 0 Å². The summed E-state index contributed by atoms with van der Waals surface area (Å²) in [4.78, 5) is 32.1. The average molecular weight is 514 g/mol. The van der Waals surface area contributed by atoms with E-state index in [0.717, 1.165) is 60.7 Å². The molecule has 0 radical (unpaired) electrons. The van der Waals surface area contributed by atoms with E-state index in [2.05, 4.69) is 52.4 Å². The minimum absolute atomic E-state index is 0.613. The molecule has 9 rings (SSSR count). The maximum absolute atomic E-state index is 5.06. The lowest BCUT2D eigenvalue weighted by molar-refractivity contribution is 1.21. The summed E-state index contributed by atoms with van der Waals surface area (Å²) in [5.74, 6) is 1.90. The Labute approximate surface area is 227 Å². The molecule has 0 unspecified atom stereocenters. The van der Waals surface area contributed by atoms with Crippen LogP contribution >= 0.6 is 0 Å². The second kappa shape index (κ2) is 7.91. The van der Waals surface area contributed by atoms with Crippen LogP contribution in [0.15, 0.2) is 103 Å². The van der Waals surface area contributed by atoms with Crippen molar-refractivity contribution >= 4 is 44.0 Å². The van der Waals surface area contributed by atoms with Crippen LogP contribution in [0.1, 0.15) is 0 Å². The first kappa shape index (κ1) is 21.3. The smallest absolute Gasteiger partial charge is 0.164 e. The minimum Gasteiger partial charge on any atom is -0.339 e. The summed E-state index contributed by atoms with van der Waals surface area (Å²) < 4.78 is 0. The predicted molar refractivity (Wildman–Crippen MR) is 158 cm³/mol. The number of fused-ring (bicyclic) bond motifs is 20. The second-order valence-electron chi connectivity index (χ2n) is 9.95. The Balaban J connectivity index is 1.51. The highest BCUT2D eigenvalue weighted by Crippen LogP contribution is 2.37. The van der Waals surface area contributed by atoms with Crippen molar-refractivity contribution in [2.24, 2.45) is 0 Å². The van der Waals surface area contributed by atoms with Crippen LogP contribution in [-0.4, -0.2) is 34.9 Å². The van der Waals surface area contributed by atoms with Gasteiger partial charge < -0.3 is 9.97 Å². The number of aromatic nitrogens is 7. The standard InChI is InChI=1S/C33H19N7/c1-3-11-20-18(9-1)26-17-27-19-10-2-4-12-21(19)29(35-27)37-31-23-14-6-8-16-25(23)33(39-31)40-32-24-15-7-5-13-22(24)30(38-32)36-28(20)34-26/h1-17H,(H2,34,35,36,37,38,39,40). The Kier molecular flexibility index (Phi) is 4.20. The van der Waals surface area contributed by atoms with Gasteiger partial charge in [0.2, 0.25) is 0 Å². The molecule has 40 heavy (non-hydrogen) atoms. The summed E-state index contributed by atoms with van der Waals surface area (Å²) >= 11 is 0. The molecule has 0 saturated carbocycles. The molecule has 5 heterocycles. The van der Waals surface area contributed by atoms with Crippen LogP contribution in [-0.2, 0) is 0 Å². The quantitative estimate of drug-likeness (QED) is 0.219. The van der Waals surface area contributed by atoms with Crippen molar-refractivity contribution < 1.29 is 0 Å². The van der Waals surface area contributed by atoms with E-state index in [0.29, 0.717) is 28.8 Å². The molecule has 3 aromatic heterocycles. The summed E-state index contributed by atoms with van der Waals surface area (Å²) in [6.45, 7) is 0. The van der Waals surface area contributed by atoms with E-state index in [1.807, 2.05) is 60.7 Å². The zero-order chi connectivity index (χ0) is 26.2. The van der Waals surface area contributed by atoms with Crippen molar-refractivity contribution in [3.05, 3.63) is 103 Å². The zero-order valence-electron chi connectivity index (χ0n) is 21.1. The summed E-state index contributed by atoms with van der Waals surface area (Å²) in [7, 11) is 0. The van der Waals surface area contributed by atoms with E-state index in [-0.39, 0.29) is 0 Å². The van der Waals surface area contributed by atoms with Gasteiger partial charge in [0, 0.05) is 49.3 Å². The highest BCUT2D eigenvalue weighted by molar-refractivity contribution is 6.07. The third-order valence-corrected chi connectivity index (χ3v) is 7.62. The SMILES string of the molecule is c1ccc2c(c1)-c1cc3[nH]c(nc4nc(nc5[nH]c(nc-2n1)c1ccccc51)-c1ccccc1-4)c1ccccc31. The number of aromatic amines is 2. The molecule has 2 aliphatic rings. The lowest BCUT2D eigenvalue weighted by Crippen LogP contribution is -1.82. The van der Waals surface area contributed by atoms with Gasteiger partial charge in [-0.1, -0.05) is 97.1 Å². The highest BCUT2D eigenvalue weighted by Gasteiger charge is 2.21. The normalized spacial score (nSPS) is 12.0. The molecule has 0 fully saturated rings. The monoisotopic (exact) mass is 513 g/mol. The van der Waals surface area contributed by atoms with E-state index < -0.39 is 0 Å². The number of nitrogens with one attached hydrogen (secondary N) is 2. The fourth-order valence-electron chi connectivity index (χ4n) is 5.76. The van der Waals surface area contributed by atoms with Crippen LogP contribution in [0, 0.1) is 0 Å². The van der Waals surface area contributed by atoms with Crippen LogP contribution < -0.4 is 0 Å². The summed E-state index contributed by atoms with van der Waals surface area (Å²) in [6.07, 6.45) is 0. The zero-order valence-corrected chi connectivity index (χ0v) is 21.1. The van der Waals surface area contributed by atoms with E-state index >= 15 is 0 Å². The molecular formula is C33H19N7. The topological polar surface area (TPSA) is 96.0 Å². The summed E-state index contributed by atoms with van der Waals surface area (Å²) in [5.41, 5.74) is 7.86. The van der Waals surface area contributed by atoms with Gasteiger partial charge in [-0.25, -0.2) is 24.9 Å². The number of hydrogen-bond donors (Lipinski definition) is 2. The summed E-state index contributed by atoms with van der Waals surface area (Å²) in [5, 5.41) is 4.03. The Morgan fingerprint density at radius 3 is 1.40 bits per heavy atom. The first-order valence-corrected chi connectivity index (χ1v) is 13.1. The maximum Gasteiger partial charge on any atom is 0.164 e. The Morgan fingerprint density at radius 2 is 0.800 bits per heavy atom. The Morgan fingerprint density at radius 1 is 0.375 bits per heavy atom. The van der Waals surface area contributed by atoms with Crippen molar-refractivity contribution in [1.82, 2.24) is 34.9 Å². The molecule has 2 aliphatic heterocycles. The molecule has 7 aromatic rings. The second-order valence-corrected chi connectivity index (χ2v) is 9.95. The molecule has 186 valence electrons. The molecule has 0 saturated heterocycles. The largest absolute Gasteiger partial charge is 0.339 e. The van der Waals surface area contributed by atoms with Crippen LogP contribution in [0.2, 0.25) is 0 Å². The van der Waals surface area contributed by atoms with E-state index in [4.69, 9.17) is 24.9 Å². The third-order valence-electron chi connectivity index (χ3n) is 7.62. The highest BCUT2D eigenvalue weighted by atomic mass is 15.0. The first-order valence-electron chi connectivity index (χ1n) is 13.1. The number of nitrogens with zero attached hydrogens (tertiary/aromatic N) is 5. The Bertz CT molecular complexity index is 2020. The van der Waals surface area contributed by atoms with Gasteiger partial charge in [-0.3, -0.25) is 0 Å². The third kappa shape index (κ3) is 3.03. The molecule has 2 N–H and O–H groups in total. The molecule has 8 bridgehead atoms. The number of hydrogen-bond acceptors (Lipinski definition) is 5. The van der Waals surface area contributed by atoms with Crippen molar-refractivity contribution in [3.8, 4) is 45.4 Å². The van der Waals surface area contributed by atoms with Crippen LogP contribution in [0.3, 0.4) is 0 Å². The van der Waals surface area contributed by atoms with Gasteiger partial charge in [0.15, 0.2) is 17.5 Å². The molecule has 7 nitrogen and oxygen atoms in total. The molecule has 0 atom stereocenters. The van der Waals surface area contributed by atoms with Gasteiger partial charge in [-0.2, -0.15) is 0 Å². The van der Waals surface area contributed by atoms with E-state index in [1.165, 1.54) is 0 Å². The van der Waals surface area contributed by atoms with Crippen LogP contribution in [0.25, 0.3) is 89.4 Å². The van der Waals surface area contributed by atoms with Crippen molar-refractivity contribution in [2.45, 2.75) is 0 Å².